The monoisotopic (exact) mass is 230 g/mol. The van der Waals surface area contributed by atoms with Gasteiger partial charge in [-0.25, -0.2) is 4.79 Å². The van der Waals surface area contributed by atoms with Crippen molar-refractivity contribution in [1.29, 1.82) is 0 Å². The fourth-order valence-corrected chi connectivity index (χ4v) is 1.22. The Labute approximate surface area is 101 Å². The third kappa shape index (κ3) is 5.43. The molecule has 1 aromatic rings. The van der Waals surface area contributed by atoms with Gasteiger partial charge in [0.05, 0.1) is 6.61 Å². The van der Waals surface area contributed by atoms with Gasteiger partial charge in [-0.15, -0.1) is 11.8 Å². The molecule has 1 rings (SSSR count). The highest BCUT2D eigenvalue weighted by molar-refractivity contribution is 5.85. The quantitative estimate of drug-likeness (QED) is 0.480. The second-order valence-electron chi connectivity index (χ2n) is 3.27. The van der Waals surface area contributed by atoms with Gasteiger partial charge in [0.2, 0.25) is 0 Å². The average molecular weight is 230 g/mol. The molecule has 17 heavy (non-hydrogen) atoms. The van der Waals surface area contributed by atoms with Crippen LogP contribution in [0.4, 0.5) is 0 Å². The summed E-state index contributed by atoms with van der Waals surface area (Å²) in [4.78, 5) is 10.4. The molecule has 0 heterocycles. The van der Waals surface area contributed by atoms with Gasteiger partial charge < -0.3 is 9.84 Å². The SMILES string of the molecule is CC#CCCOc1cccc(/C=C/C(=O)O)c1. The van der Waals surface area contributed by atoms with Crippen LogP contribution in [0, 0.1) is 11.8 Å². The van der Waals surface area contributed by atoms with Gasteiger partial charge in [0, 0.05) is 12.5 Å². The number of hydrogen-bond acceptors (Lipinski definition) is 2. The highest BCUT2D eigenvalue weighted by Gasteiger charge is 1.94. The molecule has 1 aromatic carbocycles. The number of benzene rings is 1. The minimum absolute atomic E-state index is 0.535. The number of aliphatic carboxylic acids is 1. The molecule has 0 amide bonds. The van der Waals surface area contributed by atoms with Crippen molar-refractivity contribution in [3.8, 4) is 17.6 Å². The zero-order valence-corrected chi connectivity index (χ0v) is 9.64. The number of ether oxygens (including phenoxy) is 1. The van der Waals surface area contributed by atoms with Gasteiger partial charge in [-0.3, -0.25) is 0 Å². The standard InChI is InChI=1S/C14H14O3/c1-2-3-4-10-17-13-7-5-6-12(11-13)8-9-14(15)16/h5-9,11H,4,10H2,1H3,(H,15,16)/b9-8+. The second-order valence-corrected chi connectivity index (χ2v) is 3.27. The van der Waals surface area contributed by atoms with Crippen LogP contribution < -0.4 is 4.74 Å². The molecule has 0 atom stereocenters. The van der Waals surface area contributed by atoms with Crippen molar-refractivity contribution in [3.63, 3.8) is 0 Å². The Morgan fingerprint density at radius 1 is 1.53 bits per heavy atom. The van der Waals surface area contributed by atoms with Crippen molar-refractivity contribution in [2.24, 2.45) is 0 Å². The van der Waals surface area contributed by atoms with Crippen molar-refractivity contribution < 1.29 is 14.6 Å². The number of carbonyl (C=O) groups is 1. The Balaban J connectivity index is 2.58. The zero-order chi connectivity index (χ0) is 12.5. The summed E-state index contributed by atoms with van der Waals surface area (Å²) >= 11 is 0. The smallest absolute Gasteiger partial charge is 0.328 e. The molecule has 0 bridgehead atoms. The number of rotatable bonds is 5. The Morgan fingerprint density at radius 3 is 3.06 bits per heavy atom. The molecule has 88 valence electrons. The Morgan fingerprint density at radius 2 is 2.35 bits per heavy atom. The topological polar surface area (TPSA) is 46.5 Å². The molecule has 0 saturated carbocycles. The lowest BCUT2D eigenvalue weighted by atomic mass is 10.2. The van der Waals surface area contributed by atoms with E-state index in [-0.39, 0.29) is 0 Å². The van der Waals surface area contributed by atoms with Gasteiger partial charge in [0.1, 0.15) is 5.75 Å². The van der Waals surface area contributed by atoms with Gasteiger partial charge in [-0.1, -0.05) is 12.1 Å². The molecule has 1 N–H and O–H groups in total. The van der Waals surface area contributed by atoms with Gasteiger partial charge in [0.15, 0.2) is 0 Å². The molecular formula is C14H14O3. The lowest BCUT2D eigenvalue weighted by Crippen LogP contribution is -1.95. The fraction of sp³-hybridized carbons (Fsp3) is 0.214. The molecule has 0 aliphatic heterocycles. The van der Waals surface area contributed by atoms with Crippen LogP contribution >= 0.6 is 0 Å². The Hall–Kier alpha value is -2.21. The molecule has 0 saturated heterocycles. The molecule has 3 nitrogen and oxygen atoms in total. The van der Waals surface area contributed by atoms with E-state index in [1.165, 1.54) is 6.08 Å². The van der Waals surface area contributed by atoms with Gasteiger partial charge in [-0.05, 0) is 30.7 Å². The molecule has 0 unspecified atom stereocenters. The second kappa shape index (κ2) is 7.13. The van der Waals surface area contributed by atoms with Crippen LogP contribution in [0.25, 0.3) is 6.08 Å². The van der Waals surface area contributed by atoms with Gasteiger partial charge in [-0.2, -0.15) is 0 Å². The van der Waals surface area contributed by atoms with E-state index in [1.54, 1.807) is 13.0 Å². The van der Waals surface area contributed by atoms with Crippen LogP contribution in [-0.4, -0.2) is 17.7 Å². The molecule has 0 aliphatic carbocycles. The lowest BCUT2D eigenvalue weighted by Gasteiger charge is -2.04. The summed E-state index contributed by atoms with van der Waals surface area (Å²) in [6.45, 7) is 2.32. The zero-order valence-electron chi connectivity index (χ0n) is 9.64. The van der Waals surface area contributed by atoms with E-state index in [1.807, 2.05) is 18.2 Å². The number of carboxylic acid groups (broad SMARTS) is 1. The molecule has 0 fully saturated rings. The first kappa shape index (κ1) is 12.9. The first-order chi connectivity index (χ1) is 8.22. The van der Waals surface area contributed by atoms with Crippen molar-refractivity contribution in [3.05, 3.63) is 35.9 Å². The maximum absolute atomic E-state index is 10.4. The normalized spacial score (nSPS) is 9.71. The summed E-state index contributed by atoms with van der Waals surface area (Å²) in [5.41, 5.74) is 0.798. The first-order valence-corrected chi connectivity index (χ1v) is 5.26. The van der Waals surface area contributed by atoms with Crippen LogP contribution in [0.3, 0.4) is 0 Å². The Kier molecular flexibility index (Phi) is 5.39. The molecule has 0 spiro atoms. The molecule has 0 aromatic heterocycles. The van der Waals surface area contributed by atoms with Crippen molar-refractivity contribution in [1.82, 2.24) is 0 Å². The summed E-state index contributed by atoms with van der Waals surface area (Å²) in [7, 11) is 0. The molecular weight excluding hydrogens is 216 g/mol. The van der Waals surface area contributed by atoms with Crippen LogP contribution in [0.1, 0.15) is 18.9 Å². The van der Waals surface area contributed by atoms with Crippen LogP contribution in [0.15, 0.2) is 30.3 Å². The van der Waals surface area contributed by atoms with Crippen LogP contribution in [0.5, 0.6) is 5.75 Å². The van der Waals surface area contributed by atoms with Crippen molar-refractivity contribution in [2.45, 2.75) is 13.3 Å². The van der Waals surface area contributed by atoms with Crippen LogP contribution in [0.2, 0.25) is 0 Å². The third-order valence-electron chi connectivity index (χ3n) is 1.95. The van der Waals surface area contributed by atoms with E-state index in [9.17, 15) is 4.79 Å². The van der Waals surface area contributed by atoms with E-state index in [2.05, 4.69) is 11.8 Å². The third-order valence-corrected chi connectivity index (χ3v) is 1.95. The summed E-state index contributed by atoms with van der Waals surface area (Å²) in [6, 6.07) is 7.26. The summed E-state index contributed by atoms with van der Waals surface area (Å²) in [5.74, 6) is 5.45. The summed E-state index contributed by atoms with van der Waals surface area (Å²) in [5, 5.41) is 8.51. The minimum Gasteiger partial charge on any atom is -0.493 e. The summed E-state index contributed by atoms with van der Waals surface area (Å²) < 4.78 is 5.47. The number of carboxylic acids is 1. The predicted octanol–water partition coefficient (Wildman–Crippen LogP) is 2.58. The van der Waals surface area contributed by atoms with Crippen LogP contribution in [-0.2, 0) is 4.79 Å². The molecule has 0 aliphatic rings. The minimum atomic E-state index is -0.963. The largest absolute Gasteiger partial charge is 0.493 e. The Bertz CT molecular complexity index is 464. The highest BCUT2D eigenvalue weighted by Crippen LogP contribution is 2.14. The molecule has 0 radical (unpaired) electrons. The number of hydrogen-bond donors (Lipinski definition) is 1. The van der Waals surface area contributed by atoms with E-state index in [4.69, 9.17) is 9.84 Å². The average Bonchev–Trinajstić information content (AvgIpc) is 2.33. The van der Waals surface area contributed by atoms with E-state index >= 15 is 0 Å². The van der Waals surface area contributed by atoms with Gasteiger partial charge >= 0.3 is 5.97 Å². The van der Waals surface area contributed by atoms with E-state index in [0.717, 1.165) is 17.4 Å². The van der Waals surface area contributed by atoms with Crippen molar-refractivity contribution >= 4 is 12.0 Å². The summed E-state index contributed by atoms with van der Waals surface area (Å²) in [6.07, 6.45) is 3.31. The van der Waals surface area contributed by atoms with E-state index < -0.39 is 5.97 Å². The first-order valence-electron chi connectivity index (χ1n) is 5.26. The molecule has 3 heteroatoms. The lowest BCUT2D eigenvalue weighted by molar-refractivity contribution is -0.131. The fourth-order valence-electron chi connectivity index (χ4n) is 1.22. The van der Waals surface area contributed by atoms with Gasteiger partial charge in [0.25, 0.3) is 0 Å². The van der Waals surface area contributed by atoms with E-state index in [0.29, 0.717) is 13.0 Å². The maximum atomic E-state index is 10.4. The maximum Gasteiger partial charge on any atom is 0.328 e. The predicted molar refractivity (Wildman–Crippen MR) is 66.7 cm³/mol. The van der Waals surface area contributed by atoms with Crippen molar-refractivity contribution in [2.75, 3.05) is 6.61 Å². The highest BCUT2D eigenvalue weighted by atomic mass is 16.5.